The fourth-order valence-electron chi connectivity index (χ4n) is 8.22. The van der Waals surface area contributed by atoms with Crippen molar-refractivity contribution in [2.24, 2.45) is 29.6 Å². The molecule has 14 heteroatoms. The number of carbonyl (C=O) groups excluding carboxylic acids is 3. The van der Waals surface area contributed by atoms with Gasteiger partial charge in [0.1, 0.15) is 35.7 Å². The highest BCUT2D eigenvalue weighted by molar-refractivity contribution is 7.90. The van der Waals surface area contributed by atoms with Crippen LogP contribution in [-0.2, 0) is 38.5 Å². The second kappa shape index (κ2) is 13.4. The smallest absolute Gasteiger partial charge is 0.421 e. The van der Waals surface area contributed by atoms with Crippen molar-refractivity contribution >= 4 is 28.1 Å². The number of methoxy groups -OCH3 is 1. The van der Waals surface area contributed by atoms with Gasteiger partial charge in [-0.2, -0.15) is 0 Å². The number of ether oxygens (including phenoxy) is 5. The maximum absolute atomic E-state index is 13.5. The normalized spacial score (nSPS) is 37.1. The van der Waals surface area contributed by atoms with Gasteiger partial charge in [0.2, 0.25) is 0 Å². The molecule has 2 fully saturated rings. The fourth-order valence-corrected chi connectivity index (χ4v) is 9.12. The fraction of sp³-hybridized carbons (Fsp3) is 0.514. The number of H-pyrrole nitrogens is 1. The van der Waals surface area contributed by atoms with E-state index in [1.165, 1.54) is 31.4 Å². The molecule has 2 aromatic rings. The summed E-state index contributed by atoms with van der Waals surface area (Å²) in [4.78, 5) is 42.9. The molecule has 4 bridgehead atoms. The Labute approximate surface area is 285 Å². The van der Waals surface area contributed by atoms with Gasteiger partial charge in [-0.25, -0.2) is 27.5 Å². The molecule has 1 aromatic heterocycles. The van der Waals surface area contributed by atoms with Gasteiger partial charge in [0.15, 0.2) is 6.10 Å². The molecule has 49 heavy (non-hydrogen) atoms. The topological polar surface area (TPSA) is 180 Å². The van der Waals surface area contributed by atoms with Gasteiger partial charge in [-0.3, -0.25) is 0 Å². The second-order valence-corrected chi connectivity index (χ2v) is 15.1. The van der Waals surface area contributed by atoms with E-state index in [4.69, 9.17) is 23.7 Å². The van der Waals surface area contributed by atoms with Gasteiger partial charge < -0.3 is 33.8 Å². The zero-order valence-corrected chi connectivity index (χ0v) is 28.7. The highest BCUT2D eigenvalue weighted by Gasteiger charge is 2.70. The molecule has 13 nitrogen and oxygen atoms in total. The van der Waals surface area contributed by atoms with Crippen LogP contribution in [0.15, 0.2) is 77.4 Å². The molecular formula is C35H42N2O11S. The lowest BCUT2D eigenvalue weighted by Gasteiger charge is -2.49. The van der Waals surface area contributed by atoms with E-state index in [0.717, 1.165) is 5.57 Å². The van der Waals surface area contributed by atoms with E-state index in [2.05, 4.69) is 4.98 Å². The third kappa shape index (κ3) is 6.19. The first-order valence-corrected chi connectivity index (χ1v) is 17.9. The molecule has 1 unspecified atom stereocenters. The Kier molecular flexibility index (Phi) is 9.52. The van der Waals surface area contributed by atoms with Crippen LogP contribution in [0.4, 0.5) is 4.79 Å². The summed E-state index contributed by atoms with van der Waals surface area (Å²) in [6, 6.07) is 10.7. The SMILES string of the molecule is CO[C@H]1CC2C=C[C@H]3[C@@H]4O[C@]2(/C(C)=C\[C@@H](C)[C@@H]([C@@H](C)O)OC1=O)[C@@H]3[C@H](OC(=O)NS(=O)(=O)c1ccccc1)[C@@H](C)[C@H]4OC(=O)c1ccc[nH]1. The number of amides is 1. The van der Waals surface area contributed by atoms with Crippen LogP contribution in [0.3, 0.4) is 0 Å². The number of aromatic nitrogens is 1. The first kappa shape index (κ1) is 34.9. The van der Waals surface area contributed by atoms with Crippen LogP contribution in [0, 0.1) is 29.6 Å². The monoisotopic (exact) mass is 698 g/mol. The Morgan fingerprint density at radius 1 is 1.08 bits per heavy atom. The quantitative estimate of drug-likeness (QED) is 0.219. The van der Waals surface area contributed by atoms with E-state index < -0.39 is 99.9 Å². The van der Waals surface area contributed by atoms with Gasteiger partial charge in [-0.1, -0.05) is 50.3 Å². The van der Waals surface area contributed by atoms with Crippen LogP contribution in [0.1, 0.15) is 44.6 Å². The summed E-state index contributed by atoms with van der Waals surface area (Å²) in [6.45, 7) is 7.02. The number of nitrogens with one attached hydrogen (secondary N) is 2. The summed E-state index contributed by atoms with van der Waals surface area (Å²) < 4.78 is 58.9. The van der Waals surface area contributed by atoms with E-state index in [-0.39, 0.29) is 17.0 Å². The molecule has 1 spiro atoms. The summed E-state index contributed by atoms with van der Waals surface area (Å²) in [5.41, 5.74) is -0.249. The number of rotatable bonds is 7. The number of hydrogen-bond donors (Lipinski definition) is 3. The zero-order chi connectivity index (χ0) is 35.2. The van der Waals surface area contributed by atoms with E-state index in [1.54, 1.807) is 38.2 Å². The number of hydrogen-bond acceptors (Lipinski definition) is 11. The van der Waals surface area contributed by atoms with E-state index in [1.807, 2.05) is 36.8 Å². The second-order valence-electron chi connectivity index (χ2n) is 13.4. The molecule has 2 aliphatic carbocycles. The number of esters is 2. The molecule has 3 heterocycles. The highest BCUT2D eigenvalue weighted by Crippen LogP contribution is 2.61. The minimum Gasteiger partial charge on any atom is -0.457 e. The van der Waals surface area contributed by atoms with Crippen molar-refractivity contribution in [2.75, 3.05) is 7.11 Å². The maximum atomic E-state index is 13.5. The van der Waals surface area contributed by atoms with E-state index >= 15 is 0 Å². The molecule has 6 rings (SSSR count). The Morgan fingerprint density at radius 3 is 2.47 bits per heavy atom. The summed E-state index contributed by atoms with van der Waals surface area (Å²) in [5, 5.41) is 10.6. The summed E-state index contributed by atoms with van der Waals surface area (Å²) in [5.74, 6) is -3.92. The third-order valence-corrected chi connectivity index (χ3v) is 11.7. The average Bonchev–Trinajstić information content (AvgIpc) is 3.66. The van der Waals surface area contributed by atoms with Crippen molar-refractivity contribution in [3.05, 3.63) is 78.2 Å². The van der Waals surface area contributed by atoms with Gasteiger partial charge in [0.05, 0.1) is 11.0 Å². The van der Waals surface area contributed by atoms with E-state index in [0.29, 0.717) is 0 Å². The van der Waals surface area contributed by atoms with E-state index in [9.17, 15) is 27.9 Å². The molecule has 2 aliphatic heterocycles. The first-order chi connectivity index (χ1) is 23.3. The van der Waals surface area contributed by atoms with Gasteiger partial charge in [-0.15, -0.1) is 0 Å². The van der Waals surface area contributed by atoms with Crippen molar-refractivity contribution in [3.8, 4) is 0 Å². The molecule has 0 radical (unpaired) electrons. The van der Waals surface area contributed by atoms with Gasteiger partial charge in [0.25, 0.3) is 10.0 Å². The van der Waals surface area contributed by atoms with Crippen molar-refractivity contribution < 1.29 is 51.6 Å². The molecule has 1 saturated heterocycles. The van der Waals surface area contributed by atoms with Gasteiger partial charge in [0, 0.05) is 42.9 Å². The van der Waals surface area contributed by atoms with Crippen molar-refractivity contribution in [1.82, 2.24) is 9.71 Å². The Morgan fingerprint density at radius 2 is 1.82 bits per heavy atom. The van der Waals surface area contributed by atoms with Crippen LogP contribution in [0.2, 0.25) is 0 Å². The molecule has 264 valence electrons. The highest BCUT2D eigenvalue weighted by atomic mass is 32.2. The summed E-state index contributed by atoms with van der Waals surface area (Å²) in [6.07, 6.45) is 0.757. The maximum Gasteiger partial charge on any atom is 0.421 e. The zero-order valence-electron chi connectivity index (χ0n) is 27.8. The average molecular weight is 699 g/mol. The van der Waals surface area contributed by atoms with Crippen LogP contribution in [0.25, 0.3) is 0 Å². The predicted molar refractivity (Wildman–Crippen MR) is 173 cm³/mol. The number of carbonyl (C=O) groups is 3. The third-order valence-electron chi connectivity index (χ3n) is 10.4. The summed E-state index contributed by atoms with van der Waals surface area (Å²) >= 11 is 0. The Hall–Kier alpha value is -3.98. The predicted octanol–water partition coefficient (Wildman–Crippen LogP) is 3.52. The lowest BCUT2D eigenvalue weighted by Crippen LogP contribution is -2.59. The lowest BCUT2D eigenvalue weighted by atomic mass is 9.57. The minimum atomic E-state index is -4.28. The number of aliphatic hydroxyl groups is 1. The van der Waals surface area contributed by atoms with Crippen molar-refractivity contribution in [1.29, 1.82) is 0 Å². The number of aliphatic hydroxyl groups excluding tert-OH is 1. The largest absolute Gasteiger partial charge is 0.457 e. The molecule has 3 N–H and O–H groups in total. The van der Waals surface area contributed by atoms with Crippen LogP contribution in [0.5, 0.6) is 0 Å². The Bertz CT molecular complexity index is 1720. The Balaban J connectivity index is 1.44. The molecular weight excluding hydrogens is 656 g/mol. The standard InChI is InChI=1S/C35H42N2O11S/c1-18-16-19(2)35-22(17-26(44-5)33(40)45-28(18)21(4)38)13-14-24-27(35)29(47-34(41)37-49(42,43)23-10-7-6-8-11-23)20(3)30(31(24)48-35)46-32(39)25-12-9-15-36-25/h6-16,18,20-22,24,26-31,36,38H,17H2,1-5H3,(H,37,41)/b19-16-/t18-,20-,21-,22?,24-,26+,27+,28+,29-,30-,31+,35+/m1/s1. The molecule has 12 atom stereocenters. The van der Waals surface area contributed by atoms with Crippen LogP contribution < -0.4 is 4.72 Å². The van der Waals surface area contributed by atoms with Gasteiger partial charge >= 0.3 is 18.0 Å². The van der Waals surface area contributed by atoms with Crippen molar-refractivity contribution in [3.63, 3.8) is 0 Å². The minimum absolute atomic E-state index is 0.116. The summed E-state index contributed by atoms with van der Waals surface area (Å²) in [7, 11) is -2.88. The van der Waals surface area contributed by atoms with Crippen molar-refractivity contribution in [2.45, 2.75) is 81.2 Å². The first-order valence-electron chi connectivity index (χ1n) is 16.4. The molecule has 4 aliphatic rings. The molecule has 1 aromatic carbocycles. The molecule has 1 saturated carbocycles. The number of benzene rings is 1. The van der Waals surface area contributed by atoms with Gasteiger partial charge in [-0.05, 0) is 50.1 Å². The number of cyclic esters (lactones) is 1. The van der Waals surface area contributed by atoms with Crippen LogP contribution >= 0.6 is 0 Å². The number of aromatic amines is 1. The number of sulfonamides is 1. The molecule has 1 amide bonds. The lowest BCUT2D eigenvalue weighted by molar-refractivity contribution is -0.172. The van der Waals surface area contributed by atoms with Crippen LogP contribution in [-0.4, -0.2) is 85.9 Å².